The van der Waals surface area contributed by atoms with E-state index >= 15 is 0 Å². The number of hydrogen-bond donors (Lipinski definition) is 1. The van der Waals surface area contributed by atoms with Gasteiger partial charge in [0.15, 0.2) is 0 Å². The highest BCUT2D eigenvalue weighted by Gasteiger charge is 2.22. The van der Waals surface area contributed by atoms with Gasteiger partial charge in [-0.05, 0) is 43.4 Å². The van der Waals surface area contributed by atoms with Crippen molar-refractivity contribution in [2.75, 3.05) is 33.2 Å². The fourth-order valence-corrected chi connectivity index (χ4v) is 3.20. The van der Waals surface area contributed by atoms with E-state index in [1.165, 1.54) is 12.1 Å². The number of halogens is 1. The Kier molecular flexibility index (Phi) is 5.18. The van der Waals surface area contributed by atoms with Crippen molar-refractivity contribution < 1.29 is 9.18 Å². The van der Waals surface area contributed by atoms with E-state index in [0.29, 0.717) is 16.8 Å². The molecule has 1 saturated heterocycles. The molecular formula is C21H22FN5O. The fourth-order valence-electron chi connectivity index (χ4n) is 3.20. The minimum atomic E-state index is -0.324. The summed E-state index contributed by atoms with van der Waals surface area (Å²) in [5.41, 5.74) is 5.50. The van der Waals surface area contributed by atoms with E-state index in [9.17, 15) is 9.18 Å². The van der Waals surface area contributed by atoms with Crippen LogP contribution in [0, 0.1) is 5.82 Å². The number of nitrogens with one attached hydrogen (secondary N) is 1. The Bertz CT molecular complexity index is 947. The maximum absolute atomic E-state index is 13.4. The zero-order valence-corrected chi connectivity index (χ0v) is 15.7. The minimum absolute atomic E-state index is 0.217. The number of hydrazine groups is 1. The van der Waals surface area contributed by atoms with E-state index in [-0.39, 0.29) is 11.7 Å². The van der Waals surface area contributed by atoms with Gasteiger partial charge in [0.1, 0.15) is 11.5 Å². The molecule has 2 aromatic carbocycles. The van der Waals surface area contributed by atoms with Crippen LogP contribution in [0.2, 0.25) is 0 Å². The monoisotopic (exact) mass is 379 g/mol. The molecule has 4 rings (SSSR count). The van der Waals surface area contributed by atoms with Crippen LogP contribution in [0.3, 0.4) is 0 Å². The summed E-state index contributed by atoms with van der Waals surface area (Å²) in [5.74, 6) is -0.541. The fraction of sp³-hybridized carbons (Fsp3) is 0.238. The number of amides is 1. The zero-order chi connectivity index (χ0) is 19.5. The van der Waals surface area contributed by atoms with Crippen molar-refractivity contribution in [2.45, 2.75) is 0 Å². The summed E-state index contributed by atoms with van der Waals surface area (Å²) in [6.07, 6.45) is 1.72. The predicted molar refractivity (Wildman–Crippen MR) is 105 cm³/mol. The SMILES string of the molecule is CN1CCN(NC(=O)c2cn(-c3ccccc3)nc2-c2ccc(F)cc2)CC1. The minimum Gasteiger partial charge on any atom is -0.304 e. The number of benzene rings is 2. The lowest BCUT2D eigenvalue weighted by molar-refractivity contribution is 0.0663. The Morgan fingerprint density at radius 3 is 2.36 bits per heavy atom. The number of para-hydroxylation sites is 1. The number of carbonyl (C=O) groups is 1. The maximum atomic E-state index is 13.4. The molecule has 0 bridgehead atoms. The summed E-state index contributed by atoms with van der Waals surface area (Å²) in [7, 11) is 2.07. The number of rotatable bonds is 4. The molecule has 7 heteroatoms. The molecule has 0 radical (unpaired) electrons. The third-order valence-corrected chi connectivity index (χ3v) is 4.86. The predicted octanol–water partition coefficient (Wildman–Crippen LogP) is 2.57. The van der Waals surface area contributed by atoms with E-state index in [2.05, 4.69) is 22.5 Å². The number of carbonyl (C=O) groups excluding carboxylic acids is 1. The second-order valence-electron chi connectivity index (χ2n) is 6.91. The number of piperazine rings is 1. The molecule has 1 N–H and O–H groups in total. The topological polar surface area (TPSA) is 53.4 Å². The lowest BCUT2D eigenvalue weighted by atomic mass is 10.1. The first-order valence-electron chi connectivity index (χ1n) is 9.25. The van der Waals surface area contributed by atoms with Crippen LogP contribution < -0.4 is 5.43 Å². The molecule has 144 valence electrons. The molecule has 2 heterocycles. The molecule has 1 aliphatic heterocycles. The van der Waals surface area contributed by atoms with Crippen LogP contribution in [0.25, 0.3) is 16.9 Å². The van der Waals surface area contributed by atoms with Crippen LogP contribution in [0.4, 0.5) is 4.39 Å². The van der Waals surface area contributed by atoms with Crippen molar-refractivity contribution in [3.8, 4) is 16.9 Å². The third kappa shape index (κ3) is 3.95. The average molecular weight is 379 g/mol. The largest absolute Gasteiger partial charge is 0.304 e. The first kappa shape index (κ1) is 18.3. The smallest absolute Gasteiger partial charge is 0.269 e. The van der Waals surface area contributed by atoms with Crippen LogP contribution in [-0.2, 0) is 0 Å². The van der Waals surface area contributed by atoms with Crippen molar-refractivity contribution >= 4 is 5.91 Å². The standard InChI is InChI=1S/C21H22FN5O/c1-25-11-13-26(14-12-25)24-21(28)19-15-27(18-5-3-2-4-6-18)23-20(19)16-7-9-17(22)10-8-16/h2-10,15H,11-14H2,1H3,(H,24,28). The second kappa shape index (κ2) is 7.92. The number of aromatic nitrogens is 2. The Balaban J connectivity index is 1.67. The highest BCUT2D eigenvalue weighted by Crippen LogP contribution is 2.24. The Morgan fingerprint density at radius 1 is 1.00 bits per heavy atom. The molecule has 0 saturated carbocycles. The number of likely N-dealkylation sites (N-methyl/N-ethyl adjacent to an activating group) is 1. The Hall–Kier alpha value is -3.03. The van der Waals surface area contributed by atoms with Gasteiger partial charge in [0.2, 0.25) is 0 Å². The van der Waals surface area contributed by atoms with Crippen LogP contribution in [0.1, 0.15) is 10.4 Å². The molecular weight excluding hydrogens is 357 g/mol. The van der Waals surface area contributed by atoms with E-state index in [0.717, 1.165) is 31.9 Å². The first-order valence-corrected chi connectivity index (χ1v) is 9.25. The lowest BCUT2D eigenvalue weighted by Crippen LogP contribution is -2.52. The van der Waals surface area contributed by atoms with Gasteiger partial charge in [-0.15, -0.1) is 0 Å². The van der Waals surface area contributed by atoms with Gasteiger partial charge in [-0.25, -0.2) is 14.1 Å². The molecule has 1 aliphatic rings. The second-order valence-corrected chi connectivity index (χ2v) is 6.91. The molecule has 1 aromatic heterocycles. The summed E-state index contributed by atoms with van der Waals surface area (Å²) >= 11 is 0. The molecule has 0 atom stereocenters. The quantitative estimate of drug-likeness (QED) is 0.757. The summed E-state index contributed by atoms with van der Waals surface area (Å²) in [5, 5.41) is 6.54. The Morgan fingerprint density at radius 2 is 1.68 bits per heavy atom. The molecule has 3 aromatic rings. The van der Waals surface area contributed by atoms with Gasteiger partial charge in [0, 0.05) is 37.9 Å². The number of nitrogens with zero attached hydrogens (tertiary/aromatic N) is 4. The van der Waals surface area contributed by atoms with Gasteiger partial charge in [0.25, 0.3) is 5.91 Å². The molecule has 0 unspecified atom stereocenters. The van der Waals surface area contributed by atoms with Crippen molar-refractivity contribution in [2.24, 2.45) is 0 Å². The van der Waals surface area contributed by atoms with E-state index in [4.69, 9.17) is 0 Å². The van der Waals surface area contributed by atoms with Gasteiger partial charge in [-0.3, -0.25) is 10.2 Å². The summed E-state index contributed by atoms with van der Waals surface area (Å²) in [6, 6.07) is 15.6. The highest BCUT2D eigenvalue weighted by atomic mass is 19.1. The zero-order valence-electron chi connectivity index (χ0n) is 15.7. The van der Waals surface area contributed by atoms with Crippen molar-refractivity contribution in [3.63, 3.8) is 0 Å². The van der Waals surface area contributed by atoms with Gasteiger partial charge in [-0.2, -0.15) is 5.10 Å². The van der Waals surface area contributed by atoms with Gasteiger partial charge >= 0.3 is 0 Å². The molecule has 0 aliphatic carbocycles. The van der Waals surface area contributed by atoms with Crippen molar-refractivity contribution in [1.82, 2.24) is 25.1 Å². The molecule has 0 spiro atoms. The van der Waals surface area contributed by atoms with E-state index in [1.807, 2.05) is 35.3 Å². The average Bonchev–Trinajstić information content (AvgIpc) is 3.17. The lowest BCUT2D eigenvalue weighted by Gasteiger charge is -2.32. The van der Waals surface area contributed by atoms with Crippen LogP contribution in [0.5, 0.6) is 0 Å². The first-order chi connectivity index (χ1) is 13.6. The highest BCUT2D eigenvalue weighted by molar-refractivity contribution is 5.99. The van der Waals surface area contributed by atoms with Crippen LogP contribution in [0.15, 0.2) is 60.8 Å². The molecule has 1 fully saturated rings. The van der Waals surface area contributed by atoms with E-state index < -0.39 is 0 Å². The third-order valence-electron chi connectivity index (χ3n) is 4.86. The summed E-state index contributed by atoms with van der Waals surface area (Å²) in [6.45, 7) is 3.32. The molecule has 1 amide bonds. The normalized spacial score (nSPS) is 15.5. The van der Waals surface area contributed by atoms with Crippen molar-refractivity contribution in [1.29, 1.82) is 0 Å². The Labute approximate surface area is 163 Å². The number of hydrogen-bond acceptors (Lipinski definition) is 4. The van der Waals surface area contributed by atoms with E-state index in [1.54, 1.807) is 23.0 Å². The maximum Gasteiger partial charge on any atom is 0.269 e. The molecule has 28 heavy (non-hydrogen) atoms. The molecule has 6 nitrogen and oxygen atoms in total. The van der Waals surface area contributed by atoms with Gasteiger partial charge in [0.05, 0.1) is 11.3 Å². The van der Waals surface area contributed by atoms with Gasteiger partial charge < -0.3 is 4.90 Å². The van der Waals surface area contributed by atoms with Gasteiger partial charge in [-0.1, -0.05) is 18.2 Å². The van der Waals surface area contributed by atoms with Crippen LogP contribution in [-0.4, -0.2) is 58.8 Å². The van der Waals surface area contributed by atoms with Crippen LogP contribution >= 0.6 is 0 Å². The summed E-state index contributed by atoms with van der Waals surface area (Å²) in [4.78, 5) is 15.2. The van der Waals surface area contributed by atoms with Crippen molar-refractivity contribution in [3.05, 3.63) is 72.2 Å². The summed E-state index contributed by atoms with van der Waals surface area (Å²) < 4.78 is 15.0.